The van der Waals surface area contributed by atoms with Crippen LogP contribution in [0.25, 0.3) is 0 Å². The van der Waals surface area contributed by atoms with Gasteiger partial charge in [0.1, 0.15) is 0 Å². The third-order valence-electron chi connectivity index (χ3n) is 3.01. The highest BCUT2D eigenvalue weighted by atomic mass is 16.7. The summed E-state index contributed by atoms with van der Waals surface area (Å²) in [4.78, 5) is 17.2. The summed E-state index contributed by atoms with van der Waals surface area (Å²) in [5, 5.41) is 4.92. The van der Waals surface area contributed by atoms with Gasteiger partial charge in [0.05, 0.1) is 18.6 Å². The Morgan fingerprint density at radius 2 is 2.21 bits per heavy atom. The predicted octanol–water partition coefficient (Wildman–Crippen LogP) is 0.681. The third-order valence-corrected chi connectivity index (χ3v) is 3.01. The number of hydrogen-bond acceptors (Lipinski definition) is 3. The van der Waals surface area contributed by atoms with Crippen molar-refractivity contribution in [2.24, 2.45) is 0 Å². The second-order valence-corrected chi connectivity index (χ2v) is 4.04. The van der Waals surface area contributed by atoms with Crippen LogP contribution in [0.4, 0.5) is 0 Å². The van der Waals surface area contributed by atoms with Gasteiger partial charge in [-0.1, -0.05) is 6.92 Å². The Morgan fingerprint density at radius 1 is 1.50 bits per heavy atom. The van der Waals surface area contributed by atoms with E-state index in [1.165, 1.54) is 0 Å². The van der Waals surface area contributed by atoms with Gasteiger partial charge in [-0.15, -0.1) is 0 Å². The maximum Gasteiger partial charge on any atom is 0.249 e. The zero-order valence-corrected chi connectivity index (χ0v) is 8.66. The largest absolute Gasteiger partial charge is 0.317 e. The number of piperidine rings is 1. The predicted molar refractivity (Wildman–Crippen MR) is 52.5 cm³/mol. The molecule has 1 N–H and O–H groups in total. The Hall–Kier alpha value is -0.610. The summed E-state index contributed by atoms with van der Waals surface area (Å²) in [5.74, 6) is 0.170. The number of carbonyl (C=O) groups excluding carboxylic acids is 1. The molecule has 1 unspecified atom stereocenters. The summed E-state index contributed by atoms with van der Waals surface area (Å²) in [5.41, 5.74) is 0. The molecule has 2 fully saturated rings. The topological polar surface area (TPSA) is 41.6 Å². The second-order valence-electron chi connectivity index (χ2n) is 4.04. The number of rotatable bonds is 2. The van der Waals surface area contributed by atoms with E-state index in [0.717, 1.165) is 32.4 Å². The minimum absolute atomic E-state index is 0.123. The Labute approximate surface area is 84.6 Å². The van der Waals surface area contributed by atoms with Crippen LogP contribution in [0.3, 0.4) is 0 Å². The Bertz CT molecular complexity index is 214. The van der Waals surface area contributed by atoms with E-state index in [-0.39, 0.29) is 12.0 Å². The molecule has 2 saturated heterocycles. The SMILES string of the molecule is CCC1CC(=O)N(C2CCNCC2)O1. The zero-order valence-electron chi connectivity index (χ0n) is 8.66. The first-order valence-corrected chi connectivity index (χ1v) is 5.50. The van der Waals surface area contributed by atoms with E-state index in [2.05, 4.69) is 12.2 Å². The maximum absolute atomic E-state index is 11.6. The Kier molecular flexibility index (Phi) is 3.03. The van der Waals surface area contributed by atoms with E-state index in [1.807, 2.05) is 0 Å². The van der Waals surface area contributed by atoms with Gasteiger partial charge in [0, 0.05) is 0 Å². The van der Waals surface area contributed by atoms with Gasteiger partial charge in [-0.2, -0.15) is 0 Å². The van der Waals surface area contributed by atoms with Crippen LogP contribution in [-0.4, -0.2) is 36.2 Å². The van der Waals surface area contributed by atoms with Crippen LogP contribution in [0.2, 0.25) is 0 Å². The number of hydrogen-bond donors (Lipinski definition) is 1. The van der Waals surface area contributed by atoms with E-state index < -0.39 is 0 Å². The minimum atomic E-state index is 0.123. The molecule has 2 heterocycles. The van der Waals surface area contributed by atoms with Crippen molar-refractivity contribution in [2.75, 3.05) is 13.1 Å². The van der Waals surface area contributed by atoms with Crippen LogP contribution in [0.1, 0.15) is 32.6 Å². The van der Waals surface area contributed by atoms with E-state index >= 15 is 0 Å². The van der Waals surface area contributed by atoms with Crippen molar-refractivity contribution >= 4 is 5.91 Å². The molecule has 2 aliphatic heterocycles. The molecule has 0 aromatic heterocycles. The molecule has 0 spiro atoms. The van der Waals surface area contributed by atoms with Crippen LogP contribution in [0.15, 0.2) is 0 Å². The smallest absolute Gasteiger partial charge is 0.249 e. The number of nitrogens with zero attached hydrogens (tertiary/aromatic N) is 1. The highest BCUT2D eigenvalue weighted by molar-refractivity contribution is 5.77. The molecule has 0 radical (unpaired) electrons. The number of carbonyl (C=O) groups is 1. The molecule has 14 heavy (non-hydrogen) atoms. The molecular formula is C10H18N2O2. The van der Waals surface area contributed by atoms with E-state index in [0.29, 0.717) is 12.5 Å². The van der Waals surface area contributed by atoms with Crippen molar-refractivity contribution < 1.29 is 9.63 Å². The normalized spacial score (nSPS) is 29.9. The lowest BCUT2D eigenvalue weighted by Crippen LogP contribution is -2.43. The highest BCUT2D eigenvalue weighted by Crippen LogP contribution is 2.23. The monoisotopic (exact) mass is 198 g/mol. The summed E-state index contributed by atoms with van der Waals surface area (Å²) in [6.45, 7) is 4.05. The van der Waals surface area contributed by atoms with Crippen molar-refractivity contribution in [1.29, 1.82) is 0 Å². The first-order chi connectivity index (χ1) is 6.81. The van der Waals surface area contributed by atoms with Crippen molar-refractivity contribution in [1.82, 2.24) is 10.4 Å². The van der Waals surface area contributed by atoms with Crippen molar-refractivity contribution in [2.45, 2.75) is 44.8 Å². The van der Waals surface area contributed by atoms with Crippen LogP contribution < -0.4 is 5.32 Å². The molecule has 0 saturated carbocycles. The summed E-state index contributed by atoms with van der Waals surface area (Å²) in [6, 6.07) is 0.306. The van der Waals surface area contributed by atoms with Gasteiger partial charge in [0.25, 0.3) is 0 Å². The lowest BCUT2D eigenvalue weighted by molar-refractivity contribution is -0.190. The average molecular weight is 198 g/mol. The molecule has 1 atom stereocenters. The molecule has 0 aliphatic carbocycles. The van der Waals surface area contributed by atoms with Gasteiger partial charge in [-0.3, -0.25) is 9.63 Å². The van der Waals surface area contributed by atoms with Crippen molar-refractivity contribution in [3.8, 4) is 0 Å². The van der Waals surface area contributed by atoms with E-state index in [9.17, 15) is 4.79 Å². The van der Waals surface area contributed by atoms with Crippen LogP contribution in [-0.2, 0) is 9.63 Å². The lowest BCUT2D eigenvalue weighted by Gasteiger charge is -2.30. The van der Waals surface area contributed by atoms with Crippen LogP contribution >= 0.6 is 0 Å². The van der Waals surface area contributed by atoms with Gasteiger partial charge < -0.3 is 5.32 Å². The molecule has 0 aromatic carbocycles. The summed E-state index contributed by atoms with van der Waals surface area (Å²) >= 11 is 0. The third kappa shape index (κ3) is 1.91. The number of amides is 1. The molecule has 4 nitrogen and oxygen atoms in total. The second kappa shape index (κ2) is 4.28. The highest BCUT2D eigenvalue weighted by Gasteiger charge is 2.35. The quantitative estimate of drug-likeness (QED) is 0.709. The molecule has 2 aliphatic rings. The lowest BCUT2D eigenvalue weighted by atomic mass is 10.1. The van der Waals surface area contributed by atoms with Crippen molar-refractivity contribution in [3.05, 3.63) is 0 Å². The molecule has 4 heteroatoms. The van der Waals surface area contributed by atoms with Crippen LogP contribution in [0, 0.1) is 0 Å². The summed E-state index contributed by atoms with van der Waals surface area (Å²) in [7, 11) is 0. The zero-order chi connectivity index (χ0) is 9.97. The fraction of sp³-hybridized carbons (Fsp3) is 0.900. The molecule has 1 amide bonds. The van der Waals surface area contributed by atoms with Gasteiger partial charge in [-0.25, -0.2) is 5.06 Å². The van der Waals surface area contributed by atoms with E-state index in [4.69, 9.17) is 4.84 Å². The van der Waals surface area contributed by atoms with E-state index in [1.54, 1.807) is 5.06 Å². The summed E-state index contributed by atoms with van der Waals surface area (Å²) < 4.78 is 0. The maximum atomic E-state index is 11.6. The standard InChI is InChI=1S/C10H18N2O2/c1-2-9-7-10(13)12(14-9)8-3-5-11-6-4-8/h8-9,11H,2-7H2,1H3. The Balaban J connectivity index is 1.93. The van der Waals surface area contributed by atoms with Gasteiger partial charge >= 0.3 is 0 Å². The molecule has 2 rings (SSSR count). The molecule has 80 valence electrons. The van der Waals surface area contributed by atoms with Crippen LogP contribution in [0.5, 0.6) is 0 Å². The fourth-order valence-corrected chi connectivity index (χ4v) is 2.09. The molecular weight excluding hydrogens is 180 g/mol. The van der Waals surface area contributed by atoms with Gasteiger partial charge in [-0.05, 0) is 32.4 Å². The first kappa shape index (κ1) is 9.93. The minimum Gasteiger partial charge on any atom is -0.317 e. The van der Waals surface area contributed by atoms with Crippen molar-refractivity contribution in [3.63, 3.8) is 0 Å². The Morgan fingerprint density at radius 3 is 2.79 bits per heavy atom. The van der Waals surface area contributed by atoms with Gasteiger partial charge in [0.2, 0.25) is 5.91 Å². The first-order valence-electron chi connectivity index (χ1n) is 5.50. The number of nitrogens with one attached hydrogen (secondary N) is 1. The fourth-order valence-electron chi connectivity index (χ4n) is 2.09. The average Bonchev–Trinajstić information content (AvgIpc) is 2.61. The molecule has 0 bridgehead atoms. The summed E-state index contributed by atoms with van der Waals surface area (Å²) in [6.07, 6.45) is 3.65. The molecule has 0 aromatic rings. The number of hydroxylamine groups is 2. The van der Waals surface area contributed by atoms with Gasteiger partial charge in [0.15, 0.2) is 0 Å².